The van der Waals surface area contributed by atoms with E-state index in [1.54, 1.807) is 0 Å². The maximum absolute atomic E-state index is 5.78. The van der Waals surface area contributed by atoms with Gasteiger partial charge in [-0.05, 0) is 36.6 Å². The second-order valence-electron chi connectivity index (χ2n) is 2.65. The van der Waals surface area contributed by atoms with Crippen LogP contribution < -0.4 is 5.73 Å². The first-order chi connectivity index (χ1) is 5.15. The molecule has 60 valence electrons. The molecule has 2 heteroatoms. The van der Waals surface area contributed by atoms with E-state index in [-0.39, 0.29) is 0 Å². The molecule has 0 saturated carbocycles. The van der Waals surface area contributed by atoms with Crippen molar-refractivity contribution in [1.29, 1.82) is 0 Å². The number of nitrogens with two attached hydrogens (primary N) is 1. The van der Waals surface area contributed by atoms with Crippen LogP contribution in [0.2, 0.25) is 0 Å². The summed E-state index contributed by atoms with van der Waals surface area (Å²) in [5.41, 5.74) is 9.08. The quantitative estimate of drug-likeness (QED) is 0.714. The molecule has 0 bridgehead atoms. The summed E-state index contributed by atoms with van der Waals surface area (Å²) < 4.78 is 1.14. The van der Waals surface area contributed by atoms with E-state index in [1.165, 1.54) is 11.1 Å². The lowest BCUT2D eigenvalue weighted by Crippen LogP contribution is -1.93. The van der Waals surface area contributed by atoms with Crippen LogP contribution in [-0.2, 0) is 6.42 Å². The molecule has 1 rings (SSSR count). The molecule has 1 aromatic rings. The summed E-state index contributed by atoms with van der Waals surface area (Å²) >= 11 is 3.47. The molecule has 0 radical (unpaired) electrons. The molecule has 0 amide bonds. The third-order valence-corrected chi connectivity index (χ3v) is 2.66. The Balaban J connectivity index is 3.21. The van der Waals surface area contributed by atoms with Gasteiger partial charge < -0.3 is 5.73 Å². The van der Waals surface area contributed by atoms with Crippen molar-refractivity contribution in [2.75, 3.05) is 5.73 Å². The second-order valence-corrected chi connectivity index (χ2v) is 3.51. The smallest absolute Gasteiger partial charge is 0.0349 e. The lowest BCUT2D eigenvalue weighted by Gasteiger charge is -2.05. The van der Waals surface area contributed by atoms with Crippen LogP contribution in [0.1, 0.15) is 18.1 Å². The molecule has 0 unspecified atom stereocenters. The first-order valence-electron chi connectivity index (χ1n) is 3.69. The van der Waals surface area contributed by atoms with Gasteiger partial charge in [-0.25, -0.2) is 0 Å². The highest BCUT2D eigenvalue weighted by Crippen LogP contribution is 2.23. The Kier molecular flexibility index (Phi) is 2.55. The van der Waals surface area contributed by atoms with Gasteiger partial charge in [-0.2, -0.15) is 0 Å². The Labute approximate surface area is 75.7 Å². The minimum atomic E-state index is 0.896. The largest absolute Gasteiger partial charge is 0.398 e. The Bertz CT molecular complexity index is 269. The standard InChI is InChI=1S/C9H12BrN/c1-3-7-5-8(10)6(2)4-9(7)11/h4-5H,3,11H2,1-2H3. The van der Waals surface area contributed by atoms with Crippen LogP contribution in [0, 0.1) is 6.92 Å². The van der Waals surface area contributed by atoms with E-state index in [9.17, 15) is 0 Å². The van der Waals surface area contributed by atoms with Gasteiger partial charge in [0.25, 0.3) is 0 Å². The first kappa shape index (κ1) is 8.60. The maximum Gasteiger partial charge on any atom is 0.0349 e. The number of halogens is 1. The number of anilines is 1. The number of nitrogen functional groups attached to an aromatic ring is 1. The number of hydrogen-bond donors (Lipinski definition) is 1. The summed E-state index contributed by atoms with van der Waals surface area (Å²) in [5, 5.41) is 0. The molecule has 2 N–H and O–H groups in total. The van der Waals surface area contributed by atoms with Crippen molar-refractivity contribution in [2.45, 2.75) is 20.3 Å². The van der Waals surface area contributed by atoms with E-state index >= 15 is 0 Å². The van der Waals surface area contributed by atoms with Crippen LogP contribution in [-0.4, -0.2) is 0 Å². The maximum atomic E-state index is 5.78. The van der Waals surface area contributed by atoms with Crippen LogP contribution in [0.4, 0.5) is 5.69 Å². The summed E-state index contributed by atoms with van der Waals surface area (Å²) in [6.45, 7) is 4.15. The zero-order chi connectivity index (χ0) is 8.43. The summed E-state index contributed by atoms with van der Waals surface area (Å²) in [6.07, 6.45) is 0.991. The van der Waals surface area contributed by atoms with Gasteiger partial charge in [-0.15, -0.1) is 0 Å². The van der Waals surface area contributed by atoms with E-state index in [1.807, 2.05) is 13.0 Å². The summed E-state index contributed by atoms with van der Waals surface area (Å²) in [4.78, 5) is 0. The van der Waals surface area contributed by atoms with E-state index < -0.39 is 0 Å². The van der Waals surface area contributed by atoms with Crippen molar-refractivity contribution in [1.82, 2.24) is 0 Å². The van der Waals surface area contributed by atoms with Crippen molar-refractivity contribution < 1.29 is 0 Å². The molecule has 1 aromatic carbocycles. The number of rotatable bonds is 1. The molecule has 0 atom stereocenters. The highest BCUT2D eigenvalue weighted by atomic mass is 79.9. The first-order valence-corrected chi connectivity index (χ1v) is 4.49. The van der Waals surface area contributed by atoms with Gasteiger partial charge in [-0.1, -0.05) is 22.9 Å². The van der Waals surface area contributed by atoms with Crippen molar-refractivity contribution in [3.63, 3.8) is 0 Å². The van der Waals surface area contributed by atoms with Crippen LogP contribution in [0.3, 0.4) is 0 Å². The van der Waals surface area contributed by atoms with Crippen LogP contribution in [0.5, 0.6) is 0 Å². The summed E-state index contributed by atoms with van der Waals surface area (Å²) in [6, 6.07) is 4.09. The van der Waals surface area contributed by atoms with Crippen LogP contribution >= 0.6 is 15.9 Å². The van der Waals surface area contributed by atoms with Crippen molar-refractivity contribution in [3.05, 3.63) is 27.7 Å². The fourth-order valence-electron chi connectivity index (χ4n) is 1.05. The molecule has 1 nitrogen and oxygen atoms in total. The molecule has 0 aliphatic heterocycles. The molecule has 0 aromatic heterocycles. The molecule has 0 spiro atoms. The molecule has 0 saturated heterocycles. The predicted octanol–water partition coefficient (Wildman–Crippen LogP) is 2.90. The minimum Gasteiger partial charge on any atom is -0.398 e. The molecule has 11 heavy (non-hydrogen) atoms. The highest BCUT2D eigenvalue weighted by molar-refractivity contribution is 9.10. The number of benzene rings is 1. The Morgan fingerprint density at radius 1 is 1.45 bits per heavy atom. The van der Waals surface area contributed by atoms with Gasteiger partial charge in [0.1, 0.15) is 0 Å². The average Bonchev–Trinajstić information content (AvgIpc) is 1.97. The number of aryl methyl sites for hydroxylation is 2. The molecule has 0 aliphatic carbocycles. The van der Waals surface area contributed by atoms with Gasteiger partial charge in [-0.3, -0.25) is 0 Å². The Morgan fingerprint density at radius 2 is 2.09 bits per heavy atom. The second kappa shape index (κ2) is 3.26. The topological polar surface area (TPSA) is 26.0 Å². The predicted molar refractivity (Wildman–Crippen MR) is 52.7 cm³/mol. The molecular weight excluding hydrogens is 202 g/mol. The summed E-state index contributed by atoms with van der Waals surface area (Å²) in [7, 11) is 0. The van der Waals surface area contributed by atoms with E-state index in [4.69, 9.17) is 5.73 Å². The average molecular weight is 214 g/mol. The van der Waals surface area contributed by atoms with Gasteiger partial charge in [0, 0.05) is 10.2 Å². The Morgan fingerprint density at radius 3 is 2.64 bits per heavy atom. The van der Waals surface area contributed by atoms with Gasteiger partial charge in [0.15, 0.2) is 0 Å². The fourth-order valence-corrected chi connectivity index (χ4v) is 1.44. The summed E-state index contributed by atoms with van der Waals surface area (Å²) in [5.74, 6) is 0. The lowest BCUT2D eigenvalue weighted by molar-refractivity contribution is 1.14. The SMILES string of the molecule is CCc1cc(Br)c(C)cc1N. The molecule has 0 fully saturated rings. The molecule has 0 aliphatic rings. The van der Waals surface area contributed by atoms with E-state index in [0.29, 0.717) is 0 Å². The van der Waals surface area contributed by atoms with Crippen LogP contribution in [0.25, 0.3) is 0 Å². The van der Waals surface area contributed by atoms with E-state index in [2.05, 4.69) is 28.9 Å². The van der Waals surface area contributed by atoms with Crippen molar-refractivity contribution in [3.8, 4) is 0 Å². The highest BCUT2D eigenvalue weighted by Gasteiger charge is 2.00. The van der Waals surface area contributed by atoms with Crippen LogP contribution in [0.15, 0.2) is 16.6 Å². The molecule has 0 heterocycles. The van der Waals surface area contributed by atoms with Gasteiger partial charge in [0.05, 0.1) is 0 Å². The number of hydrogen-bond acceptors (Lipinski definition) is 1. The van der Waals surface area contributed by atoms with E-state index in [0.717, 1.165) is 16.6 Å². The normalized spacial score (nSPS) is 10.1. The minimum absolute atomic E-state index is 0.896. The fraction of sp³-hybridized carbons (Fsp3) is 0.333. The van der Waals surface area contributed by atoms with Gasteiger partial charge >= 0.3 is 0 Å². The third kappa shape index (κ3) is 1.74. The monoisotopic (exact) mass is 213 g/mol. The van der Waals surface area contributed by atoms with Crippen molar-refractivity contribution in [2.24, 2.45) is 0 Å². The van der Waals surface area contributed by atoms with Gasteiger partial charge in [0.2, 0.25) is 0 Å². The third-order valence-electron chi connectivity index (χ3n) is 1.80. The lowest BCUT2D eigenvalue weighted by atomic mass is 10.1. The zero-order valence-electron chi connectivity index (χ0n) is 6.82. The molecular formula is C9H12BrN. The Hall–Kier alpha value is -0.500. The zero-order valence-corrected chi connectivity index (χ0v) is 8.40. The van der Waals surface area contributed by atoms with Crippen molar-refractivity contribution >= 4 is 21.6 Å².